The Morgan fingerprint density at radius 1 is 0.836 bits per heavy atom. The average Bonchev–Trinajstić information content (AvgIpc) is 3.80. The normalized spacial score (nSPS) is 26.1. The molecule has 0 bridgehead atoms. The molecule has 4 amide bonds. The monoisotopic (exact) mass is 751 g/mol. The van der Waals surface area contributed by atoms with E-state index in [2.05, 4.69) is 4.98 Å². The summed E-state index contributed by atoms with van der Waals surface area (Å²) in [5.74, 6) is -5.91. The third-order valence-electron chi connectivity index (χ3n) is 12.3. The first-order valence-electron chi connectivity index (χ1n) is 18.1. The fraction of sp³-hybridized carbons (Fsp3) is 0.205. The van der Waals surface area contributed by atoms with Gasteiger partial charge in [-0.15, -0.1) is 0 Å². The lowest BCUT2D eigenvalue weighted by Gasteiger charge is -2.49. The molecule has 2 aliphatic carbocycles. The molecule has 6 aromatic rings. The second-order valence-electron chi connectivity index (χ2n) is 15.0. The van der Waals surface area contributed by atoms with Crippen molar-refractivity contribution in [2.75, 3.05) is 9.80 Å². The average molecular weight is 752 g/mol. The standard InChI is InChI=1S/C44H31ClFN3O6/c1-44-31(41(52)49(43(44)54)25-15-19-33(46)32(45)20-25)21-30-27(37(44)29-16-12-22-6-2-3-7-26(22)38(29)50)17-18-28-36(30)42(53)48(40(28)51)24-13-10-23(11-14-24)39-47-34-8-4-5-9-35(34)55-39/h2-17,19-20,28,30-31,36-37,50H,18,21H2,1H3/t28-,30+,31-,36-,37+,44+/m0/s1. The van der Waals surface area contributed by atoms with Gasteiger partial charge in [0.1, 0.15) is 17.1 Å². The van der Waals surface area contributed by atoms with Crippen molar-refractivity contribution in [1.29, 1.82) is 0 Å². The number of aromatic nitrogens is 1. The second kappa shape index (κ2) is 11.9. The number of carbonyl (C=O) groups excluding carboxylic acids is 4. The number of carbonyl (C=O) groups is 4. The van der Waals surface area contributed by atoms with Gasteiger partial charge < -0.3 is 9.52 Å². The number of anilines is 2. The zero-order chi connectivity index (χ0) is 37.9. The molecule has 0 spiro atoms. The van der Waals surface area contributed by atoms with Crippen LogP contribution in [0.1, 0.15) is 31.2 Å². The molecule has 2 saturated heterocycles. The molecule has 11 heteroatoms. The fourth-order valence-electron chi connectivity index (χ4n) is 9.74. The maximum absolute atomic E-state index is 14.8. The van der Waals surface area contributed by atoms with E-state index >= 15 is 0 Å². The van der Waals surface area contributed by atoms with Crippen LogP contribution in [0.2, 0.25) is 5.02 Å². The molecule has 5 aromatic carbocycles. The molecule has 10 rings (SSSR count). The van der Waals surface area contributed by atoms with Crippen LogP contribution in [0.4, 0.5) is 15.8 Å². The van der Waals surface area contributed by atoms with Crippen molar-refractivity contribution < 1.29 is 33.1 Å². The fourth-order valence-corrected chi connectivity index (χ4v) is 9.91. The van der Waals surface area contributed by atoms with Gasteiger partial charge in [-0.05, 0) is 85.7 Å². The van der Waals surface area contributed by atoms with Crippen LogP contribution in [-0.2, 0) is 19.2 Å². The van der Waals surface area contributed by atoms with E-state index in [1.54, 1.807) is 43.3 Å². The minimum atomic E-state index is -1.40. The van der Waals surface area contributed by atoms with Crippen LogP contribution in [0.5, 0.6) is 5.75 Å². The summed E-state index contributed by atoms with van der Waals surface area (Å²) in [7, 11) is 0. The lowest BCUT2D eigenvalue weighted by molar-refractivity contribution is -0.131. The van der Waals surface area contributed by atoms with Crippen molar-refractivity contribution in [3.63, 3.8) is 0 Å². The molecule has 1 saturated carbocycles. The first-order chi connectivity index (χ1) is 26.6. The topological polar surface area (TPSA) is 121 Å². The summed E-state index contributed by atoms with van der Waals surface area (Å²) in [6.45, 7) is 1.73. The smallest absolute Gasteiger partial charge is 0.241 e. The Hall–Kier alpha value is -6.13. The summed E-state index contributed by atoms with van der Waals surface area (Å²) < 4.78 is 20.2. The molecule has 1 aromatic heterocycles. The van der Waals surface area contributed by atoms with Crippen LogP contribution < -0.4 is 9.80 Å². The number of rotatable bonds is 4. The Bertz CT molecular complexity index is 2670. The van der Waals surface area contributed by atoms with E-state index < -0.39 is 52.6 Å². The quantitative estimate of drug-likeness (QED) is 0.142. The molecule has 1 N–H and O–H groups in total. The van der Waals surface area contributed by atoms with E-state index in [-0.39, 0.29) is 41.1 Å². The Morgan fingerprint density at radius 2 is 1.58 bits per heavy atom. The van der Waals surface area contributed by atoms with Crippen LogP contribution in [0, 0.1) is 34.9 Å². The molecule has 0 radical (unpaired) electrons. The summed E-state index contributed by atoms with van der Waals surface area (Å²) in [6, 6.07) is 29.0. The zero-order valence-corrected chi connectivity index (χ0v) is 30.0. The van der Waals surface area contributed by atoms with Gasteiger partial charge in [-0.25, -0.2) is 14.3 Å². The molecular formula is C44H31ClFN3O6. The highest BCUT2D eigenvalue weighted by Crippen LogP contribution is 2.65. The van der Waals surface area contributed by atoms with Gasteiger partial charge in [-0.3, -0.25) is 24.1 Å². The van der Waals surface area contributed by atoms with Crippen molar-refractivity contribution in [3.8, 4) is 17.2 Å². The number of phenolic OH excluding ortho intramolecular Hbond substituents is 1. The number of para-hydroxylation sites is 2. The number of aromatic hydroxyl groups is 1. The van der Waals surface area contributed by atoms with E-state index in [0.29, 0.717) is 39.2 Å². The number of phenols is 1. The van der Waals surface area contributed by atoms with Gasteiger partial charge in [-0.2, -0.15) is 0 Å². The van der Waals surface area contributed by atoms with Crippen LogP contribution >= 0.6 is 11.6 Å². The zero-order valence-electron chi connectivity index (χ0n) is 29.3. The van der Waals surface area contributed by atoms with E-state index in [1.165, 1.54) is 17.0 Å². The number of halogens is 2. The van der Waals surface area contributed by atoms with Crippen molar-refractivity contribution in [2.45, 2.75) is 25.7 Å². The number of fused-ring (bicyclic) bond motifs is 6. The molecule has 0 unspecified atom stereocenters. The SMILES string of the molecule is C[C@@]12C(=O)N(c3ccc(F)c(Cl)c3)C(=O)[C@@H]1C[C@@H]1C(=CC[C@@H]3C(=O)N(c4ccc(-c5nc6ccccc6o5)cc4)C(=O)[C@@H]31)[C@@H]2c1ccc2ccccc2c1O. The first kappa shape index (κ1) is 33.4. The van der Waals surface area contributed by atoms with Crippen molar-refractivity contribution in [2.24, 2.45) is 29.1 Å². The van der Waals surface area contributed by atoms with Crippen LogP contribution in [0.25, 0.3) is 33.3 Å². The Kier molecular flexibility index (Phi) is 7.26. The highest BCUT2D eigenvalue weighted by molar-refractivity contribution is 6.32. The Balaban J connectivity index is 1.06. The van der Waals surface area contributed by atoms with Gasteiger partial charge in [0.15, 0.2) is 5.58 Å². The summed E-state index contributed by atoms with van der Waals surface area (Å²) >= 11 is 6.14. The molecular weight excluding hydrogens is 721 g/mol. The number of nitrogens with zero attached hydrogens (tertiary/aromatic N) is 3. The van der Waals surface area contributed by atoms with Gasteiger partial charge >= 0.3 is 0 Å². The Labute approximate surface area is 318 Å². The molecule has 272 valence electrons. The van der Waals surface area contributed by atoms with E-state index in [1.807, 2.05) is 54.6 Å². The predicted molar refractivity (Wildman–Crippen MR) is 204 cm³/mol. The third-order valence-corrected chi connectivity index (χ3v) is 12.6. The number of hydrogen-bond acceptors (Lipinski definition) is 7. The molecule has 2 aliphatic heterocycles. The van der Waals surface area contributed by atoms with Gasteiger partial charge in [0.25, 0.3) is 0 Å². The summed E-state index contributed by atoms with van der Waals surface area (Å²) in [6.07, 6.45) is 2.30. The van der Waals surface area contributed by atoms with Crippen molar-refractivity contribution in [3.05, 3.63) is 131 Å². The van der Waals surface area contributed by atoms with E-state index in [4.69, 9.17) is 16.0 Å². The van der Waals surface area contributed by atoms with Crippen LogP contribution in [-0.4, -0.2) is 33.7 Å². The second-order valence-corrected chi connectivity index (χ2v) is 15.4. The lowest BCUT2D eigenvalue weighted by atomic mass is 9.51. The minimum Gasteiger partial charge on any atom is -0.507 e. The number of benzene rings is 5. The molecule has 4 aliphatic rings. The molecule has 55 heavy (non-hydrogen) atoms. The van der Waals surface area contributed by atoms with Crippen molar-refractivity contribution >= 4 is 68.5 Å². The van der Waals surface area contributed by atoms with Gasteiger partial charge in [0.2, 0.25) is 29.5 Å². The van der Waals surface area contributed by atoms with Gasteiger partial charge in [0.05, 0.1) is 39.6 Å². The first-order valence-corrected chi connectivity index (χ1v) is 18.5. The third kappa shape index (κ3) is 4.67. The summed E-state index contributed by atoms with van der Waals surface area (Å²) in [5, 5.41) is 13.0. The summed E-state index contributed by atoms with van der Waals surface area (Å²) in [5.41, 5.74) is 2.36. The summed E-state index contributed by atoms with van der Waals surface area (Å²) in [4.78, 5) is 65.0. The van der Waals surface area contributed by atoms with E-state index in [9.17, 15) is 28.7 Å². The molecule has 9 nitrogen and oxygen atoms in total. The molecule has 3 fully saturated rings. The van der Waals surface area contributed by atoms with Crippen LogP contribution in [0.15, 0.2) is 119 Å². The van der Waals surface area contributed by atoms with Crippen molar-refractivity contribution in [1.82, 2.24) is 4.98 Å². The Morgan fingerprint density at radius 3 is 2.36 bits per heavy atom. The van der Waals surface area contributed by atoms with Crippen LogP contribution in [0.3, 0.4) is 0 Å². The molecule has 6 atom stereocenters. The number of oxazole rings is 1. The number of allylic oxidation sites excluding steroid dienone is 2. The lowest BCUT2D eigenvalue weighted by Crippen LogP contribution is -2.48. The number of hydrogen-bond donors (Lipinski definition) is 1. The van der Waals surface area contributed by atoms with Gasteiger partial charge in [-0.1, -0.05) is 71.8 Å². The maximum Gasteiger partial charge on any atom is 0.241 e. The predicted octanol–water partition coefficient (Wildman–Crippen LogP) is 8.58. The van der Waals surface area contributed by atoms with E-state index in [0.717, 1.165) is 21.9 Å². The maximum atomic E-state index is 14.8. The van der Waals surface area contributed by atoms with Gasteiger partial charge in [0, 0.05) is 22.4 Å². The largest absolute Gasteiger partial charge is 0.507 e. The minimum absolute atomic E-state index is 0.0234. The number of imide groups is 2. The highest BCUT2D eigenvalue weighted by Gasteiger charge is 2.68. The molecule has 3 heterocycles. The highest BCUT2D eigenvalue weighted by atomic mass is 35.5. The number of amides is 4.